The zero-order valence-corrected chi connectivity index (χ0v) is 14.0. The molecule has 8 nitrogen and oxygen atoms in total. The van der Waals surface area contributed by atoms with Crippen molar-refractivity contribution < 1.29 is 14.5 Å². The van der Waals surface area contributed by atoms with Crippen LogP contribution in [0.5, 0.6) is 0 Å². The van der Waals surface area contributed by atoms with Crippen molar-refractivity contribution in [1.82, 2.24) is 9.88 Å². The second-order valence-electron chi connectivity index (χ2n) is 5.97. The summed E-state index contributed by atoms with van der Waals surface area (Å²) in [6.45, 7) is 6.28. The lowest BCUT2D eigenvalue weighted by molar-refractivity contribution is -0.384. The van der Waals surface area contributed by atoms with E-state index in [2.05, 4.69) is 20.5 Å². The van der Waals surface area contributed by atoms with Gasteiger partial charge in [0.05, 0.1) is 17.6 Å². The van der Waals surface area contributed by atoms with Gasteiger partial charge in [-0.25, -0.2) is 9.78 Å². The average molecular weight is 332 g/mol. The number of anilines is 1. The van der Waals surface area contributed by atoms with Crippen LogP contribution < -0.4 is 4.90 Å². The molecule has 0 amide bonds. The highest BCUT2D eigenvalue weighted by molar-refractivity contribution is 5.88. The number of nitro groups is 1. The van der Waals surface area contributed by atoms with Crippen molar-refractivity contribution in [2.75, 3.05) is 38.2 Å². The van der Waals surface area contributed by atoms with Crippen molar-refractivity contribution in [1.29, 1.82) is 0 Å². The van der Waals surface area contributed by atoms with E-state index in [1.54, 1.807) is 4.90 Å². The van der Waals surface area contributed by atoms with Gasteiger partial charge in [-0.2, -0.15) is 0 Å². The molecular formula is C16H20N4O4. The Labute approximate surface area is 140 Å². The maximum atomic E-state index is 11.6. The fourth-order valence-electron chi connectivity index (χ4n) is 2.60. The third kappa shape index (κ3) is 3.46. The van der Waals surface area contributed by atoms with Crippen molar-refractivity contribution in [3.63, 3.8) is 0 Å². The first-order valence-corrected chi connectivity index (χ1v) is 7.51. The van der Waals surface area contributed by atoms with Gasteiger partial charge in [-0.05, 0) is 19.9 Å². The molecule has 0 spiro atoms. The lowest BCUT2D eigenvalue weighted by Crippen LogP contribution is -2.54. The number of methoxy groups -OCH3 is 1. The zero-order chi connectivity index (χ0) is 17.9. The second kappa shape index (κ2) is 6.84. The van der Waals surface area contributed by atoms with E-state index in [1.807, 2.05) is 13.8 Å². The van der Waals surface area contributed by atoms with Crippen molar-refractivity contribution in [2.45, 2.75) is 19.4 Å². The fraction of sp³-hybridized carbons (Fsp3) is 0.500. The molecule has 0 saturated carbocycles. The van der Waals surface area contributed by atoms with Crippen LogP contribution in [0.4, 0.5) is 11.5 Å². The molecule has 1 saturated heterocycles. The summed E-state index contributed by atoms with van der Waals surface area (Å²) < 4.78 is 4.64. The summed E-state index contributed by atoms with van der Waals surface area (Å²) in [6, 6.07) is 2.58. The molecule has 0 N–H and O–H groups in total. The summed E-state index contributed by atoms with van der Waals surface area (Å²) in [5.74, 6) is 2.30. The molecule has 1 aromatic rings. The predicted molar refractivity (Wildman–Crippen MR) is 88.9 cm³/mol. The smallest absolute Gasteiger partial charge is 0.356 e. The molecule has 24 heavy (non-hydrogen) atoms. The van der Waals surface area contributed by atoms with Gasteiger partial charge in [-0.15, -0.1) is 6.42 Å². The molecule has 2 rings (SSSR count). The zero-order valence-electron chi connectivity index (χ0n) is 14.0. The molecule has 8 heteroatoms. The topological polar surface area (TPSA) is 88.8 Å². The molecule has 0 aromatic carbocycles. The molecule has 0 unspecified atom stereocenters. The summed E-state index contributed by atoms with van der Waals surface area (Å²) >= 11 is 0. The molecule has 0 bridgehead atoms. The molecule has 0 radical (unpaired) electrons. The third-order valence-electron chi connectivity index (χ3n) is 4.17. The SMILES string of the molecule is C#CC(C)(C)N1CCN(c2nc(C(=O)OC)ccc2[N+](=O)[O-])CC1. The van der Waals surface area contributed by atoms with Crippen LogP contribution in [0.2, 0.25) is 0 Å². The number of hydrogen-bond donors (Lipinski definition) is 0. The molecule has 1 aliphatic heterocycles. The highest BCUT2D eigenvalue weighted by Crippen LogP contribution is 2.28. The first-order chi connectivity index (χ1) is 11.3. The maximum absolute atomic E-state index is 11.6. The third-order valence-corrected chi connectivity index (χ3v) is 4.17. The van der Waals surface area contributed by atoms with Crippen LogP contribution >= 0.6 is 0 Å². The summed E-state index contributed by atoms with van der Waals surface area (Å²) in [5, 5.41) is 11.3. The number of carbonyl (C=O) groups excluding carboxylic acids is 1. The molecule has 1 aromatic heterocycles. The van der Waals surface area contributed by atoms with Gasteiger partial charge in [0, 0.05) is 32.2 Å². The normalized spacial score (nSPS) is 15.7. The molecule has 0 aliphatic carbocycles. The number of esters is 1. The fourth-order valence-corrected chi connectivity index (χ4v) is 2.60. The Morgan fingerprint density at radius 3 is 2.50 bits per heavy atom. The molecule has 0 atom stereocenters. The van der Waals surface area contributed by atoms with Gasteiger partial charge in [-0.3, -0.25) is 15.0 Å². The van der Waals surface area contributed by atoms with Gasteiger partial charge in [-0.1, -0.05) is 5.92 Å². The Kier molecular flexibility index (Phi) is 5.04. The van der Waals surface area contributed by atoms with Crippen molar-refractivity contribution in [3.8, 4) is 12.3 Å². The maximum Gasteiger partial charge on any atom is 0.356 e. The van der Waals surface area contributed by atoms with Gasteiger partial charge >= 0.3 is 11.7 Å². The van der Waals surface area contributed by atoms with Crippen LogP contribution in [0.1, 0.15) is 24.3 Å². The number of nitrogens with zero attached hydrogens (tertiary/aromatic N) is 4. The van der Waals surface area contributed by atoms with Crippen LogP contribution in [0, 0.1) is 22.5 Å². The van der Waals surface area contributed by atoms with Crippen LogP contribution in [0.3, 0.4) is 0 Å². The highest BCUT2D eigenvalue weighted by Gasteiger charge is 2.31. The lowest BCUT2D eigenvalue weighted by Gasteiger charge is -2.41. The number of piperazine rings is 1. The number of carbonyl (C=O) groups is 1. The van der Waals surface area contributed by atoms with Gasteiger partial charge < -0.3 is 9.64 Å². The Morgan fingerprint density at radius 1 is 1.38 bits per heavy atom. The number of terminal acetylenes is 1. The minimum atomic E-state index is -0.627. The number of rotatable bonds is 4. The van der Waals surface area contributed by atoms with E-state index in [-0.39, 0.29) is 22.7 Å². The molecular weight excluding hydrogens is 312 g/mol. The van der Waals surface area contributed by atoms with Crippen molar-refractivity contribution >= 4 is 17.5 Å². The largest absolute Gasteiger partial charge is 0.464 e. The Bertz CT molecular complexity index is 688. The second-order valence-corrected chi connectivity index (χ2v) is 5.97. The van der Waals surface area contributed by atoms with E-state index in [0.29, 0.717) is 26.2 Å². The van der Waals surface area contributed by atoms with E-state index in [1.165, 1.54) is 19.2 Å². The van der Waals surface area contributed by atoms with E-state index >= 15 is 0 Å². The van der Waals surface area contributed by atoms with Crippen LogP contribution in [-0.4, -0.2) is 59.6 Å². The van der Waals surface area contributed by atoms with Crippen LogP contribution in [0.25, 0.3) is 0 Å². The molecule has 128 valence electrons. The first kappa shape index (κ1) is 17.7. The first-order valence-electron chi connectivity index (χ1n) is 7.51. The summed E-state index contributed by atoms with van der Waals surface area (Å²) in [4.78, 5) is 30.5. The number of pyridine rings is 1. The average Bonchev–Trinajstić information content (AvgIpc) is 2.60. The summed E-state index contributed by atoms with van der Waals surface area (Å²) in [6.07, 6.45) is 5.56. The minimum Gasteiger partial charge on any atom is -0.464 e. The Hall–Kier alpha value is -2.66. The quantitative estimate of drug-likeness (QED) is 0.355. The highest BCUT2D eigenvalue weighted by atomic mass is 16.6. The monoisotopic (exact) mass is 332 g/mol. The molecule has 1 fully saturated rings. The standard InChI is InChI=1S/C16H20N4O4/c1-5-16(2,3)19-10-8-18(9-11-19)14-13(20(22)23)7-6-12(17-14)15(21)24-4/h1,6-7H,8-11H2,2-4H3. The summed E-state index contributed by atoms with van der Waals surface area (Å²) in [7, 11) is 1.24. The van der Waals surface area contributed by atoms with Gasteiger partial charge in [0.15, 0.2) is 5.69 Å². The summed E-state index contributed by atoms with van der Waals surface area (Å²) in [5.41, 5.74) is -0.462. The van der Waals surface area contributed by atoms with Crippen LogP contribution in [0.15, 0.2) is 12.1 Å². The molecule has 1 aliphatic rings. The number of aromatic nitrogens is 1. The van der Waals surface area contributed by atoms with Gasteiger partial charge in [0.2, 0.25) is 5.82 Å². The van der Waals surface area contributed by atoms with Crippen molar-refractivity contribution in [3.05, 3.63) is 27.9 Å². The lowest BCUT2D eigenvalue weighted by atomic mass is 10.0. The number of hydrogen-bond acceptors (Lipinski definition) is 7. The minimum absolute atomic E-state index is 0.0458. The van der Waals surface area contributed by atoms with Crippen LogP contribution in [-0.2, 0) is 4.74 Å². The van der Waals surface area contributed by atoms with Gasteiger partial charge in [0.25, 0.3) is 0 Å². The Balaban J connectivity index is 2.27. The van der Waals surface area contributed by atoms with Gasteiger partial charge in [0.1, 0.15) is 0 Å². The Morgan fingerprint density at radius 2 is 2.00 bits per heavy atom. The molecule has 2 heterocycles. The number of ether oxygens (including phenoxy) is 1. The predicted octanol–water partition coefficient (Wildman–Crippen LogP) is 1.31. The van der Waals surface area contributed by atoms with E-state index in [4.69, 9.17) is 6.42 Å². The van der Waals surface area contributed by atoms with E-state index < -0.39 is 10.9 Å². The van der Waals surface area contributed by atoms with E-state index in [0.717, 1.165) is 0 Å². The van der Waals surface area contributed by atoms with Crippen molar-refractivity contribution in [2.24, 2.45) is 0 Å². The van der Waals surface area contributed by atoms with E-state index in [9.17, 15) is 14.9 Å².